The van der Waals surface area contributed by atoms with E-state index in [4.69, 9.17) is 0 Å². The Labute approximate surface area is 181 Å². The first-order chi connectivity index (χ1) is 14.3. The van der Waals surface area contributed by atoms with E-state index < -0.39 is 0 Å². The van der Waals surface area contributed by atoms with E-state index in [1.165, 1.54) is 19.3 Å². The molecule has 1 aromatic heterocycles. The summed E-state index contributed by atoms with van der Waals surface area (Å²) in [7, 11) is 0. The zero-order valence-electron chi connectivity index (χ0n) is 19.2. The van der Waals surface area contributed by atoms with Gasteiger partial charge in [0.25, 0.3) is 0 Å². The third kappa shape index (κ3) is 2.89. The molecular formula is C26H38N2O2. The summed E-state index contributed by atoms with van der Waals surface area (Å²) in [5.74, 6) is 2.94. The smallest absolute Gasteiger partial charge is 0.165 e. The molecule has 5 rings (SSSR count). The van der Waals surface area contributed by atoms with Crippen LogP contribution in [-0.2, 0) is 11.3 Å². The maximum Gasteiger partial charge on any atom is 0.165 e. The Morgan fingerprint density at radius 2 is 2.00 bits per heavy atom. The second-order valence-corrected chi connectivity index (χ2v) is 11.3. The van der Waals surface area contributed by atoms with Crippen LogP contribution in [0.3, 0.4) is 0 Å². The summed E-state index contributed by atoms with van der Waals surface area (Å²) >= 11 is 0. The lowest BCUT2D eigenvalue weighted by molar-refractivity contribution is -0.141. The molecule has 0 saturated heterocycles. The van der Waals surface area contributed by atoms with E-state index in [2.05, 4.69) is 38.1 Å². The molecule has 1 aromatic rings. The van der Waals surface area contributed by atoms with E-state index in [9.17, 15) is 9.90 Å². The van der Waals surface area contributed by atoms with Crippen molar-refractivity contribution in [3.63, 3.8) is 0 Å². The van der Waals surface area contributed by atoms with Gasteiger partial charge in [-0.3, -0.25) is 9.48 Å². The van der Waals surface area contributed by atoms with Crippen LogP contribution in [0.4, 0.5) is 0 Å². The Kier molecular flexibility index (Phi) is 4.81. The van der Waals surface area contributed by atoms with E-state index in [1.807, 2.05) is 11.6 Å². The van der Waals surface area contributed by atoms with Gasteiger partial charge in [-0.25, -0.2) is 0 Å². The molecule has 30 heavy (non-hydrogen) atoms. The highest BCUT2D eigenvalue weighted by Crippen LogP contribution is 2.66. The first kappa shape index (κ1) is 20.5. The van der Waals surface area contributed by atoms with Crippen molar-refractivity contribution in [2.75, 3.05) is 0 Å². The first-order valence-electron chi connectivity index (χ1n) is 12.2. The van der Waals surface area contributed by atoms with Crippen LogP contribution in [-0.4, -0.2) is 26.8 Å². The number of carbonyl (C=O) groups excluding carboxylic acids is 1. The van der Waals surface area contributed by atoms with Gasteiger partial charge in [-0.2, -0.15) is 5.10 Å². The molecule has 0 bridgehead atoms. The third-order valence-electron chi connectivity index (χ3n) is 9.92. The van der Waals surface area contributed by atoms with Gasteiger partial charge in [0.1, 0.15) is 0 Å². The minimum Gasteiger partial charge on any atom is -0.393 e. The molecule has 4 heteroatoms. The summed E-state index contributed by atoms with van der Waals surface area (Å²) in [6.07, 6.45) is 12.9. The van der Waals surface area contributed by atoms with Crippen molar-refractivity contribution in [2.24, 2.45) is 34.5 Å². The van der Waals surface area contributed by atoms with Crippen molar-refractivity contribution in [1.29, 1.82) is 0 Å². The van der Waals surface area contributed by atoms with E-state index in [-0.39, 0.29) is 11.5 Å². The Hall–Kier alpha value is -1.42. The predicted octanol–water partition coefficient (Wildman–Crippen LogP) is 5.18. The number of Topliss-reactive ketones (excluding diaryl/α,β-unsaturated/α-hetero) is 1. The van der Waals surface area contributed by atoms with Gasteiger partial charge >= 0.3 is 0 Å². The fraction of sp³-hybridized carbons (Fsp3) is 0.769. The fourth-order valence-corrected chi connectivity index (χ4v) is 8.06. The normalized spacial score (nSPS) is 44.6. The van der Waals surface area contributed by atoms with Crippen molar-refractivity contribution in [3.8, 4) is 0 Å². The van der Waals surface area contributed by atoms with Crippen LogP contribution in [0.1, 0.15) is 83.4 Å². The topological polar surface area (TPSA) is 55.1 Å². The summed E-state index contributed by atoms with van der Waals surface area (Å²) in [6.45, 7) is 9.78. The molecule has 1 N–H and O–H groups in total. The number of aryl methyl sites for hydroxylation is 2. The number of allylic oxidation sites excluding steroid dienone is 1. The van der Waals surface area contributed by atoms with Crippen molar-refractivity contribution in [3.05, 3.63) is 23.0 Å². The molecule has 0 amide bonds. The molecule has 0 aromatic carbocycles. The number of aliphatic hydroxyl groups is 1. The van der Waals surface area contributed by atoms with E-state index in [0.717, 1.165) is 61.4 Å². The molecule has 164 valence electrons. The van der Waals surface area contributed by atoms with Crippen LogP contribution in [0.25, 0.3) is 6.08 Å². The second kappa shape index (κ2) is 7.05. The maximum absolute atomic E-state index is 13.6. The quantitative estimate of drug-likeness (QED) is 0.684. The molecule has 4 nitrogen and oxygen atoms in total. The molecule has 4 fully saturated rings. The molecule has 7 atom stereocenters. The minimum absolute atomic E-state index is 0.0941. The summed E-state index contributed by atoms with van der Waals surface area (Å²) in [5, 5.41) is 14.8. The van der Waals surface area contributed by atoms with Crippen LogP contribution >= 0.6 is 0 Å². The predicted molar refractivity (Wildman–Crippen MR) is 119 cm³/mol. The van der Waals surface area contributed by atoms with Gasteiger partial charge in [0.15, 0.2) is 5.78 Å². The Balaban J connectivity index is 1.45. The lowest BCUT2D eigenvalue weighted by Crippen LogP contribution is -2.54. The van der Waals surface area contributed by atoms with Gasteiger partial charge in [-0.05, 0) is 106 Å². The highest BCUT2D eigenvalue weighted by molar-refractivity contribution is 6.06. The van der Waals surface area contributed by atoms with Gasteiger partial charge in [0.05, 0.1) is 11.8 Å². The van der Waals surface area contributed by atoms with Crippen molar-refractivity contribution >= 4 is 11.9 Å². The summed E-state index contributed by atoms with van der Waals surface area (Å²) < 4.78 is 1.96. The average molecular weight is 411 g/mol. The lowest BCUT2D eigenvalue weighted by Gasteiger charge is -2.59. The highest BCUT2D eigenvalue weighted by atomic mass is 16.3. The van der Waals surface area contributed by atoms with E-state index in [0.29, 0.717) is 29.0 Å². The second-order valence-electron chi connectivity index (χ2n) is 11.3. The number of carbonyl (C=O) groups is 1. The van der Waals surface area contributed by atoms with Gasteiger partial charge in [0, 0.05) is 23.7 Å². The number of aromatic nitrogens is 2. The minimum atomic E-state index is -0.182. The Morgan fingerprint density at radius 1 is 1.20 bits per heavy atom. The summed E-state index contributed by atoms with van der Waals surface area (Å²) in [4.78, 5) is 13.6. The molecule has 0 spiro atoms. The van der Waals surface area contributed by atoms with Gasteiger partial charge in [0.2, 0.25) is 0 Å². The average Bonchev–Trinajstić information content (AvgIpc) is 3.20. The Bertz CT molecular complexity index is 886. The van der Waals surface area contributed by atoms with Crippen LogP contribution in [0.15, 0.2) is 11.8 Å². The summed E-state index contributed by atoms with van der Waals surface area (Å²) in [5.41, 5.74) is 3.34. The molecule has 1 heterocycles. The van der Waals surface area contributed by atoms with Gasteiger partial charge in [-0.1, -0.05) is 13.8 Å². The van der Waals surface area contributed by atoms with Crippen LogP contribution in [0, 0.1) is 41.4 Å². The van der Waals surface area contributed by atoms with Gasteiger partial charge in [-0.15, -0.1) is 0 Å². The number of ketones is 1. The summed E-state index contributed by atoms with van der Waals surface area (Å²) in [6, 6.07) is 0. The Morgan fingerprint density at radius 3 is 2.73 bits per heavy atom. The molecular weight excluding hydrogens is 372 g/mol. The number of fused-ring (bicyclic) bond motifs is 5. The number of rotatable bonds is 2. The SMILES string of the molecule is CCn1cc(/C=C2\C[C@H]3[C@@H]4CC[C@H]5C[C@@H](O)CC[C@]5(C)[C@H]4CC[C@]3(C)C2=O)c(C)n1. The van der Waals surface area contributed by atoms with Crippen molar-refractivity contribution in [2.45, 2.75) is 91.7 Å². The first-order valence-corrected chi connectivity index (χ1v) is 12.2. The maximum atomic E-state index is 13.6. The number of nitrogens with zero attached hydrogens (tertiary/aromatic N) is 2. The van der Waals surface area contributed by atoms with Crippen LogP contribution < -0.4 is 0 Å². The molecule has 4 aliphatic carbocycles. The standard InChI is InChI=1S/C26H38N2O2/c1-5-28-15-18(16(2)27-28)12-17-13-23-21-7-6-19-14-20(29)8-10-25(19,3)22(21)9-11-26(23,4)24(17)30/h12,15,19-23,29H,5-11,13-14H2,1-4H3/b17-12+/t19-,20-,21+,22-,23-,25-,26-/m0/s1. The molecule has 4 aliphatic rings. The van der Waals surface area contributed by atoms with Crippen molar-refractivity contribution < 1.29 is 9.90 Å². The lowest BCUT2D eigenvalue weighted by atomic mass is 9.45. The number of aliphatic hydroxyl groups excluding tert-OH is 1. The molecule has 0 unspecified atom stereocenters. The zero-order chi connectivity index (χ0) is 21.3. The number of hydrogen-bond acceptors (Lipinski definition) is 3. The largest absolute Gasteiger partial charge is 0.393 e. The molecule has 0 radical (unpaired) electrons. The number of hydrogen-bond donors (Lipinski definition) is 1. The van der Waals surface area contributed by atoms with Gasteiger partial charge < -0.3 is 5.11 Å². The van der Waals surface area contributed by atoms with E-state index >= 15 is 0 Å². The fourth-order valence-electron chi connectivity index (χ4n) is 8.06. The van der Waals surface area contributed by atoms with Crippen molar-refractivity contribution in [1.82, 2.24) is 9.78 Å². The molecule has 4 saturated carbocycles. The van der Waals surface area contributed by atoms with Crippen LogP contribution in [0.5, 0.6) is 0 Å². The third-order valence-corrected chi connectivity index (χ3v) is 9.92. The zero-order valence-corrected chi connectivity index (χ0v) is 19.2. The molecule has 0 aliphatic heterocycles. The van der Waals surface area contributed by atoms with E-state index in [1.54, 1.807) is 0 Å². The highest BCUT2D eigenvalue weighted by Gasteiger charge is 2.61. The van der Waals surface area contributed by atoms with Crippen LogP contribution in [0.2, 0.25) is 0 Å². The monoisotopic (exact) mass is 410 g/mol.